The number of ether oxygens (including phenoxy) is 1. The van der Waals surface area contributed by atoms with Crippen LogP contribution in [0.25, 0.3) is 0 Å². The second kappa shape index (κ2) is 8.30. The van der Waals surface area contributed by atoms with Crippen molar-refractivity contribution < 1.29 is 14.3 Å². The molecule has 0 radical (unpaired) electrons. The van der Waals surface area contributed by atoms with Crippen LogP contribution in [0.3, 0.4) is 0 Å². The van der Waals surface area contributed by atoms with E-state index in [-0.39, 0.29) is 0 Å². The lowest BCUT2D eigenvalue weighted by Crippen LogP contribution is -2.32. The summed E-state index contributed by atoms with van der Waals surface area (Å²) in [5, 5.41) is 6.74. The van der Waals surface area contributed by atoms with Crippen molar-refractivity contribution in [3.63, 3.8) is 0 Å². The third-order valence-corrected chi connectivity index (χ3v) is 3.91. The molecule has 2 N–H and O–H groups in total. The van der Waals surface area contributed by atoms with Crippen LogP contribution in [0.5, 0.6) is 5.75 Å². The lowest BCUT2D eigenvalue weighted by Gasteiger charge is -2.09. The molecule has 0 aliphatic heterocycles. The van der Waals surface area contributed by atoms with Crippen LogP contribution >= 0.6 is 11.6 Å². The van der Waals surface area contributed by atoms with Gasteiger partial charge < -0.3 is 10.1 Å². The predicted octanol–water partition coefficient (Wildman–Crippen LogP) is 3.05. The number of hydrogen-bond acceptors (Lipinski definition) is 4. The molecule has 6 nitrogen and oxygen atoms in total. The summed E-state index contributed by atoms with van der Waals surface area (Å²) in [5.41, 5.74) is 5.34. The number of nitrogens with one attached hydrogen (secondary N) is 2. The number of amides is 2. The number of nitrogens with zero attached hydrogens (tertiary/aromatic N) is 1. The van der Waals surface area contributed by atoms with E-state index < -0.39 is 11.8 Å². The summed E-state index contributed by atoms with van der Waals surface area (Å²) >= 11 is 6.00. The molecule has 0 aliphatic rings. The number of benzene rings is 2. The van der Waals surface area contributed by atoms with Crippen LogP contribution in [-0.4, -0.2) is 25.1 Å². The van der Waals surface area contributed by atoms with Crippen molar-refractivity contribution in [2.24, 2.45) is 5.10 Å². The van der Waals surface area contributed by atoms with E-state index in [2.05, 4.69) is 15.8 Å². The van der Waals surface area contributed by atoms with Crippen LogP contribution in [-0.2, 0) is 9.59 Å². The van der Waals surface area contributed by atoms with Gasteiger partial charge in [-0.25, -0.2) is 5.43 Å². The van der Waals surface area contributed by atoms with Gasteiger partial charge in [-0.2, -0.15) is 5.10 Å². The monoisotopic (exact) mass is 359 g/mol. The lowest BCUT2D eigenvalue weighted by molar-refractivity contribution is -0.136. The lowest BCUT2D eigenvalue weighted by atomic mass is 10.1. The summed E-state index contributed by atoms with van der Waals surface area (Å²) in [6.07, 6.45) is 1.38. The van der Waals surface area contributed by atoms with Crippen LogP contribution in [0.4, 0.5) is 5.69 Å². The second-order valence-electron chi connectivity index (χ2n) is 5.29. The smallest absolute Gasteiger partial charge is 0.329 e. The normalized spacial score (nSPS) is 10.6. The fraction of sp³-hybridized carbons (Fsp3) is 0.167. The molecule has 0 fully saturated rings. The maximum atomic E-state index is 11.9. The maximum absolute atomic E-state index is 11.9. The van der Waals surface area contributed by atoms with E-state index in [9.17, 15) is 9.59 Å². The standard InChI is InChI=1S/C18H18ClN3O3/c1-11-5-4-6-15(12(11)2)21-17(23)18(24)22-20-10-13-7-8-16(25-3)14(19)9-13/h4-10H,1-3H3,(H,21,23)(H,22,24)/b20-10-. The zero-order valence-corrected chi connectivity index (χ0v) is 14.8. The topological polar surface area (TPSA) is 79.8 Å². The quantitative estimate of drug-likeness (QED) is 0.500. The van der Waals surface area contributed by atoms with E-state index in [1.807, 2.05) is 19.9 Å². The Morgan fingerprint density at radius 1 is 1.16 bits per heavy atom. The molecule has 2 aromatic carbocycles. The van der Waals surface area contributed by atoms with Gasteiger partial charge in [-0.15, -0.1) is 0 Å². The fourth-order valence-electron chi connectivity index (χ4n) is 2.04. The van der Waals surface area contributed by atoms with E-state index in [0.29, 0.717) is 22.0 Å². The van der Waals surface area contributed by atoms with Crippen LogP contribution in [0.1, 0.15) is 16.7 Å². The highest BCUT2D eigenvalue weighted by Crippen LogP contribution is 2.24. The number of hydrazone groups is 1. The summed E-state index contributed by atoms with van der Waals surface area (Å²) < 4.78 is 5.05. The third kappa shape index (κ3) is 4.81. The van der Waals surface area contributed by atoms with Crippen molar-refractivity contribution in [3.8, 4) is 5.75 Å². The molecule has 130 valence electrons. The van der Waals surface area contributed by atoms with Crippen molar-refractivity contribution in [3.05, 3.63) is 58.1 Å². The minimum absolute atomic E-state index is 0.422. The highest BCUT2D eigenvalue weighted by molar-refractivity contribution is 6.39. The molecule has 0 unspecified atom stereocenters. The van der Waals surface area contributed by atoms with Crippen molar-refractivity contribution in [2.45, 2.75) is 13.8 Å². The number of carbonyl (C=O) groups is 2. The van der Waals surface area contributed by atoms with E-state index in [1.165, 1.54) is 13.3 Å². The van der Waals surface area contributed by atoms with Crippen molar-refractivity contribution in [2.75, 3.05) is 12.4 Å². The average Bonchev–Trinajstić information content (AvgIpc) is 2.59. The molecule has 0 aromatic heterocycles. The Kier molecular flexibility index (Phi) is 6.14. The fourth-order valence-corrected chi connectivity index (χ4v) is 2.31. The zero-order valence-electron chi connectivity index (χ0n) is 14.1. The molecule has 0 atom stereocenters. The molecule has 2 amide bonds. The van der Waals surface area contributed by atoms with Crippen molar-refractivity contribution in [1.29, 1.82) is 0 Å². The Hall–Kier alpha value is -2.86. The first-order valence-corrected chi connectivity index (χ1v) is 7.84. The Morgan fingerprint density at radius 2 is 1.92 bits per heavy atom. The molecule has 25 heavy (non-hydrogen) atoms. The van der Waals surface area contributed by atoms with E-state index in [0.717, 1.165) is 11.1 Å². The highest BCUT2D eigenvalue weighted by Gasteiger charge is 2.14. The van der Waals surface area contributed by atoms with Gasteiger partial charge in [0.25, 0.3) is 0 Å². The molecule has 0 aliphatic carbocycles. The first-order chi connectivity index (χ1) is 11.9. The van der Waals surface area contributed by atoms with E-state index >= 15 is 0 Å². The van der Waals surface area contributed by atoms with E-state index in [1.54, 1.807) is 30.3 Å². The van der Waals surface area contributed by atoms with Gasteiger partial charge in [0, 0.05) is 5.69 Å². The van der Waals surface area contributed by atoms with Gasteiger partial charge in [-0.05, 0) is 54.8 Å². The van der Waals surface area contributed by atoms with Crippen LogP contribution < -0.4 is 15.5 Å². The maximum Gasteiger partial charge on any atom is 0.329 e. The molecule has 0 saturated carbocycles. The van der Waals surface area contributed by atoms with Gasteiger partial charge in [0.15, 0.2) is 0 Å². The average molecular weight is 360 g/mol. The third-order valence-electron chi connectivity index (χ3n) is 3.61. The highest BCUT2D eigenvalue weighted by atomic mass is 35.5. The zero-order chi connectivity index (χ0) is 18.4. The summed E-state index contributed by atoms with van der Waals surface area (Å²) in [7, 11) is 1.52. The first-order valence-electron chi connectivity index (χ1n) is 7.46. The van der Waals surface area contributed by atoms with Crippen LogP contribution in [0.15, 0.2) is 41.5 Å². The van der Waals surface area contributed by atoms with Crippen LogP contribution in [0.2, 0.25) is 5.02 Å². The Labute approximate surface area is 150 Å². The molecule has 0 spiro atoms. The number of aryl methyl sites for hydroxylation is 1. The summed E-state index contributed by atoms with van der Waals surface area (Å²) in [6, 6.07) is 10.5. The number of methoxy groups -OCH3 is 1. The van der Waals surface area contributed by atoms with Gasteiger partial charge in [0.1, 0.15) is 5.75 Å². The molecule has 0 heterocycles. The van der Waals surface area contributed by atoms with Crippen LogP contribution in [0, 0.1) is 13.8 Å². The number of rotatable bonds is 4. The number of halogens is 1. The summed E-state index contributed by atoms with van der Waals surface area (Å²) in [4.78, 5) is 23.7. The van der Waals surface area contributed by atoms with Gasteiger partial charge >= 0.3 is 11.8 Å². The molecule has 0 bridgehead atoms. The van der Waals surface area contributed by atoms with Crippen molar-refractivity contribution >= 4 is 35.3 Å². The van der Waals surface area contributed by atoms with Gasteiger partial charge in [-0.1, -0.05) is 23.7 Å². The molecule has 0 saturated heterocycles. The Morgan fingerprint density at radius 3 is 2.60 bits per heavy atom. The first kappa shape index (κ1) is 18.5. The molecule has 7 heteroatoms. The SMILES string of the molecule is COc1ccc(/C=N\NC(=O)C(=O)Nc2cccc(C)c2C)cc1Cl. The minimum atomic E-state index is -0.864. The summed E-state index contributed by atoms with van der Waals surface area (Å²) in [5.74, 6) is -1.12. The molecular weight excluding hydrogens is 342 g/mol. The minimum Gasteiger partial charge on any atom is -0.495 e. The van der Waals surface area contributed by atoms with Gasteiger partial charge in [0.05, 0.1) is 18.3 Å². The predicted molar refractivity (Wildman–Crippen MR) is 98.3 cm³/mol. The number of hydrogen-bond donors (Lipinski definition) is 2. The van der Waals surface area contributed by atoms with Gasteiger partial charge in [-0.3, -0.25) is 9.59 Å². The molecule has 2 aromatic rings. The van der Waals surface area contributed by atoms with E-state index in [4.69, 9.17) is 16.3 Å². The van der Waals surface area contributed by atoms with Crippen molar-refractivity contribution in [1.82, 2.24) is 5.43 Å². The molecular formula is C18H18ClN3O3. The largest absolute Gasteiger partial charge is 0.495 e. The number of anilines is 1. The Balaban J connectivity index is 1.96. The van der Waals surface area contributed by atoms with Gasteiger partial charge in [0.2, 0.25) is 0 Å². The summed E-state index contributed by atoms with van der Waals surface area (Å²) in [6.45, 7) is 3.80. The number of carbonyl (C=O) groups excluding carboxylic acids is 2. The Bertz CT molecular complexity index is 834. The molecule has 2 rings (SSSR count). The second-order valence-corrected chi connectivity index (χ2v) is 5.70.